The molecule has 0 radical (unpaired) electrons. The molecule has 0 aromatic heterocycles. The molecule has 0 atom stereocenters. The van der Waals surface area contributed by atoms with Gasteiger partial charge in [0.1, 0.15) is 5.76 Å². The average molecular weight is 339 g/mol. The van der Waals surface area contributed by atoms with Gasteiger partial charge in [0, 0.05) is 0 Å². The first-order chi connectivity index (χ1) is 11.5. The van der Waals surface area contributed by atoms with Gasteiger partial charge in [-0.2, -0.15) is 0 Å². The van der Waals surface area contributed by atoms with Crippen molar-refractivity contribution < 1.29 is 9.16 Å². The molecule has 2 aromatic carbocycles. The first-order valence-electron chi connectivity index (χ1n) is 8.67. The summed E-state index contributed by atoms with van der Waals surface area (Å²) in [5.74, 6) is 0.938. The van der Waals surface area contributed by atoms with Gasteiger partial charge in [0.05, 0.1) is 6.61 Å². The van der Waals surface area contributed by atoms with Gasteiger partial charge in [0.2, 0.25) is 0 Å². The summed E-state index contributed by atoms with van der Waals surface area (Å²) in [7, 11) is -1.86. The van der Waals surface area contributed by atoms with Crippen molar-refractivity contribution in [3.05, 3.63) is 83.6 Å². The molecule has 2 nitrogen and oxygen atoms in total. The molecule has 1 aliphatic rings. The van der Waals surface area contributed by atoms with Gasteiger partial charge in [0.15, 0.2) is 13.9 Å². The molecule has 0 fully saturated rings. The summed E-state index contributed by atoms with van der Waals surface area (Å²) < 4.78 is 13.0. The largest absolute Gasteiger partial charge is 0.494 e. The fourth-order valence-corrected chi connectivity index (χ4v) is 4.48. The van der Waals surface area contributed by atoms with Gasteiger partial charge in [-0.15, -0.1) is 0 Å². The predicted octanol–water partition coefficient (Wildman–Crippen LogP) is 5.48. The lowest BCUT2D eigenvalue weighted by Crippen LogP contribution is -2.44. The van der Waals surface area contributed by atoms with E-state index < -0.39 is 13.9 Å². The Labute approximate surface area is 146 Å². The van der Waals surface area contributed by atoms with Crippen LogP contribution >= 0.6 is 0 Å². The van der Waals surface area contributed by atoms with Gasteiger partial charge >= 0.3 is 0 Å². The maximum Gasteiger partial charge on any atom is 0.186 e. The Kier molecular flexibility index (Phi) is 4.92. The molecule has 3 rings (SSSR count). The van der Waals surface area contributed by atoms with Crippen LogP contribution in [0.25, 0.3) is 0 Å². The second kappa shape index (κ2) is 6.95. The van der Waals surface area contributed by atoms with Crippen molar-refractivity contribution in [2.24, 2.45) is 0 Å². The second-order valence-electron chi connectivity index (χ2n) is 7.19. The highest BCUT2D eigenvalue weighted by atomic mass is 28.4. The number of ether oxygens (including phenoxy) is 1. The normalized spacial score (nSPS) is 15.5. The molecule has 0 spiro atoms. The van der Waals surface area contributed by atoms with Crippen molar-refractivity contribution in [1.29, 1.82) is 0 Å². The Morgan fingerprint density at radius 1 is 0.875 bits per heavy atom. The van der Waals surface area contributed by atoms with Crippen molar-refractivity contribution in [1.82, 2.24) is 0 Å². The van der Waals surface area contributed by atoms with Gasteiger partial charge in [-0.1, -0.05) is 60.7 Å². The van der Waals surface area contributed by atoms with E-state index in [9.17, 15) is 0 Å². The molecule has 0 N–H and O–H groups in total. The van der Waals surface area contributed by atoms with Crippen molar-refractivity contribution >= 4 is 8.32 Å². The van der Waals surface area contributed by atoms with Gasteiger partial charge in [-0.25, -0.2) is 0 Å². The van der Waals surface area contributed by atoms with Crippen LogP contribution in [0.1, 0.15) is 24.0 Å². The Morgan fingerprint density at radius 3 is 1.83 bits per heavy atom. The lowest BCUT2D eigenvalue weighted by atomic mass is 9.83. The Hall–Kier alpha value is -1.84. The van der Waals surface area contributed by atoms with Crippen LogP contribution in [0.2, 0.25) is 19.6 Å². The van der Waals surface area contributed by atoms with Gasteiger partial charge in [-0.3, -0.25) is 0 Å². The van der Waals surface area contributed by atoms with Crippen LogP contribution in [0.3, 0.4) is 0 Å². The van der Waals surface area contributed by atoms with Crippen LogP contribution in [0, 0.1) is 0 Å². The molecule has 0 bridgehead atoms. The van der Waals surface area contributed by atoms with Crippen LogP contribution in [-0.2, 0) is 14.8 Å². The van der Waals surface area contributed by atoms with E-state index in [1.807, 2.05) is 12.1 Å². The smallest absolute Gasteiger partial charge is 0.186 e. The zero-order valence-corrected chi connectivity index (χ0v) is 15.8. The highest BCUT2D eigenvalue weighted by Gasteiger charge is 2.44. The second-order valence-corrected chi connectivity index (χ2v) is 11.6. The van der Waals surface area contributed by atoms with Crippen molar-refractivity contribution in [2.75, 3.05) is 6.61 Å². The SMILES string of the molecule is C[Si](C)(C)OC(C1=CCCCO1)(c1ccccc1)c1ccccc1. The molecule has 0 saturated heterocycles. The Bertz CT molecular complexity index is 647. The summed E-state index contributed by atoms with van der Waals surface area (Å²) in [5.41, 5.74) is 1.60. The average Bonchev–Trinajstić information content (AvgIpc) is 2.61. The van der Waals surface area contributed by atoms with Crippen LogP contribution in [0.4, 0.5) is 0 Å². The third-order valence-electron chi connectivity index (χ3n) is 4.10. The van der Waals surface area contributed by atoms with Crippen LogP contribution in [0.15, 0.2) is 72.5 Å². The molecule has 1 aliphatic heterocycles. The van der Waals surface area contributed by atoms with Gasteiger partial charge < -0.3 is 9.16 Å². The van der Waals surface area contributed by atoms with E-state index in [1.54, 1.807) is 0 Å². The standard InChI is InChI=1S/C21H26O2Si/c1-24(2,3)23-21(18-12-6-4-7-13-18,19-14-8-5-9-15-19)20-16-10-11-17-22-20/h4-9,12-16H,10-11,17H2,1-3H3. The van der Waals surface area contributed by atoms with E-state index in [2.05, 4.69) is 74.2 Å². The highest BCUT2D eigenvalue weighted by Crippen LogP contribution is 2.44. The maximum atomic E-state index is 6.88. The number of hydrogen-bond acceptors (Lipinski definition) is 2. The van der Waals surface area contributed by atoms with Crippen molar-refractivity contribution in [2.45, 2.75) is 38.1 Å². The molecular weight excluding hydrogens is 312 g/mol. The molecule has 24 heavy (non-hydrogen) atoms. The monoisotopic (exact) mass is 338 g/mol. The fraction of sp³-hybridized carbons (Fsp3) is 0.333. The molecule has 126 valence electrons. The molecule has 1 heterocycles. The van der Waals surface area contributed by atoms with E-state index in [0.717, 1.165) is 36.3 Å². The number of benzene rings is 2. The lowest BCUT2D eigenvalue weighted by molar-refractivity contribution is 0.0453. The summed E-state index contributed by atoms with van der Waals surface area (Å²) >= 11 is 0. The highest BCUT2D eigenvalue weighted by molar-refractivity contribution is 6.69. The fourth-order valence-electron chi connectivity index (χ4n) is 3.23. The molecular formula is C21H26O2Si. The van der Waals surface area contributed by atoms with E-state index >= 15 is 0 Å². The van der Waals surface area contributed by atoms with Crippen LogP contribution in [0.5, 0.6) is 0 Å². The number of rotatable bonds is 5. The zero-order valence-electron chi connectivity index (χ0n) is 14.8. The molecule has 0 amide bonds. The molecule has 2 aromatic rings. The van der Waals surface area contributed by atoms with Gasteiger partial charge in [-0.05, 0) is 49.7 Å². The first kappa shape index (κ1) is 17.0. The minimum Gasteiger partial charge on any atom is -0.494 e. The summed E-state index contributed by atoms with van der Waals surface area (Å²) in [4.78, 5) is 0. The third-order valence-corrected chi connectivity index (χ3v) is 5.02. The zero-order chi connectivity index (χ0) is 17.0. The maximum absolute atomic E-state index is 6.88. The Balaban J connectivity index is 2.25. The molecule has 0 saturated carbocycles. The van der Waals surface area contributed by atoms with Crippen molar-refractivity contribution in [3.8, 4) is 0 Å². The van der Waals surface area contributed by atoms with E-state index in [-0.39, 0.29) is 0 Å². The van der Waals surface area contributed by atoms with E-state index in [1.165, 1.54) is 0 Å². The molecule has 0 aliphatic carbocycles. The summed E-state index contributed by atoms with van der Waals surface area (Å²) in [5, 5.41) is 0. The summed E-state index contributed by atoms with van der Waals surface area (Å²) in [6.45, 7) is 7.45. The quantitative estimate of drug-likeness (QED) is 0.672. The lowest BCUT2D eigenvalue weighted by Gasteiger charge is -2.42. The third kappa shape index (κ3) is 3.47. The minimum absolute atomic E-state index is 0.659. The van der Waals surface area contributed by atoms with E-state index in [4.69, 9.17) is 9.16 Å². The van der Waals surface area contributed by atoms with Gasteiger partial charge in [0.25, 0.3) is 0 Å². The Morgan fingerprint density at radius 2 is 1.42 bits per heavy atom. The van der Waals surface area contributed by atoms with E-state index in [0.29, 0.717) is 0 Å². The topological polar surface area (TPSA) is 18.5 Å². The molecule has 0 unspecified atom stereocenters. The van der Waals surface area contributed by atoms with Crippen molar-refractivity contribution in [3.63, 3.8) is 0 Å². The minimum atomic E-state index is -1.86. The molecule has 3 heteroatoms. The summed E-state index contributed by atoms with van der Waals surface area (Å²) in [6.07, 6.45) is 4.31. The number of allylic oxidation sites excluding steroid dienone is 1. The number of hydrogen-bond donors (Lipinski definition) is 0. The first-order valence-corrected chi connectivity index (χ1v) is 12.1. The predicted molar refractivity (Wildman–Crippen MR) is 101 cm³/mol. The van der Waals surface area contributed by atoms with Crippen LogP contribution < -0.4 is 0 Å². The van der Waals surface area contributed by atoms with Crippen LogP contribution in [-0.4, -0.2) is 14.9 Å². The summed E-state index contributed by atoms with van der Waals surface area (Å²) in [6, 6.07) is 21.0.